The lowest BCUT2D eigenvalue weighted by atomic mass is 9.44. The number of nitrogens with zero attached hydrogens (tertiary/aromatic N) is 1. The Morgan fingerprint density at radius 3 is 2.70 bits per heavy atom. The maximum atomic E-state index is 13.3. The molecule has 0 spiro atoms. The lowest BCUT2D eigenvalue weighted by Crippen LogP contribution is -2.56. The van der Waals surface area contributed by atoms with Gasteiger partial charge in [0.15, 0.2) is 0 Å². The number of carbonyl (C=O) groups excluding carboxylic acids is 1. The Hall–Kier alpha value is -0.840. The Labute approximate surface area is 141 Å². The van der Waals surface area contributed by atoms with Crippen molar-refractivity contribution < 1.29 is 4.79 Å². The summed E-state index contributed by atoms with van der Waals surface area (Å²) < 4.78 is 0. The lowest BCUT2D eigenvalue weighted by molar-refractivity contribution is -0.157. The third-order valence-corrected chi connectivity index (χ3v) is 8.80. The molecule has 2 nitrogen and oxygen atoms in total. The van der Waals surface area contributed by atoms with Gasteiger partial charge in [0.2, 0.25) is 0 Å². The molecule has 4 saturated carbocycles. The number of Topliss-reactive ketones (excluding diaryl/α,β-unsaturated/α-hetero) is 1. The van der Waals surface area contributed by atoms with Crippen LogP contribution in [0.4, 0.5) is 0 Å². The molecule has 0 amide bonds. The van der Waals surface area contributed by atoms with Crippen LogP contribution in [0.25, 0.3) is 0 Å². The third-order valence-electron chi connectivity index (χ3n) is 8.80. The average molecular weight is 313 g/mol. The van der Waals surface area contributed by atoms with Crippen molar-refractivity contribution in [2.45, 2.75) is 78.1 Å². The summed E-state index contributed by atoms with van der Waals surface area (Å²) in [6.45, 7) is 4.80. The maximum Gasteiger partial charge on any atom is 0.137 e. The fraction of sp³-hybridized carbons (Fsp3) is 0.905. The molecule has 0 aromatic carbocycles. The second-order valence-corrected chi connectivity index (χ2v) is 9.56. The van der Waals surface area contributed by atoms with Gasteiger partial charge in [-0.15, -0.1) is 0 Å². The first-order valence-electron chi connectivity index (χ1n) is 9.90. The van der Waals surface area contributed by atoms with Crippen LogP contribution in [0.2, 0.25) is 0 Å². The molecule has 4 fully saturated rings. The van der Waals surface area contributed by atoms with E-state index in [1.807, 2.05) is 0 Å². The molecule has 23 heavy (non-hydrogen) atoms. The van der Waals surface area contributed by atoms with E-state index in [0.717, 1.165) is 12.3 Å². The molecule has 7 atom stereocenters. The molecule has 2 heteroatoms. The van der Waals surface area contributed by atoms with Crippen LogP contribution in [0, 0.1) is 51.8 Å². The summed E-state index contributed by atoms with van der Waals surface area (Å²) in [4.78, 5) is 13.3. The van der Waals surface area contributed by atoms with Crippen molar-refractivity contribution in [3.63, 3.8) is 0 Å². The van der Waals surface area contributed by atoms with E-state index in [4.69, 9.17) is 0 Å². The Morgan fingerprint density at radius 2 is 1.91 bits per heavy atom. The van der Waals surface area contributed by atoms with Gasteiger partial charge in [0.1, 0.15) is 5.78 Å². The van der Waals surface area contributed by atoms with E-state index in [-0.39, 0.29) is 10.8 Å². The minimum atomic E-state index is 0.117. The van der Waals surface area contributed by atoms with Gasteiger partial charge in [-0.3, -0.25) is 4.79 Å². The topological polar surface area (TPSA) is 40.9 Å². The molecule has 4 unspecified atom stereocenters. The maximum absolute atomic E-state index is 13.3. The first-order valence-corrected chi connectivity index (χ1v) is 9.90. The van der Waals surface area contributed by atoms with Crippen LogP contribution in [0.1, 0.15) is 78.1 Å². The first kappa shape index (κ1) is 15.7. The van der Waals surface area contributed by atoms with E-state index in [1.54, 1.807) is 0 Å². The molecular weight excluding hydrogens is 282 g/mol. The normalized spacial score (nSPS) is 52.2. The number of hydrogen-bond donors (Lipinski definition) is 0. The van der Waals surface area contributed by atoms with Gasteiger partial charge in [-0.1, -0.05) is 26.7 Å². The average Bonchev–Trinajstić information content (AvgIpc) is 2.83. The minimum Gasteiger partial charge on any atom is -0.299 e. The van der Waals surface area contributed by atoms with Gasteiger partial charge in [-0.05, 0) is 73.0 Å². The van der Waals surface area contributed by atoms with Crippen molar-refractivity contribution in [3.8, 4) is 6.07 Å². The molecule has 0 aromatic heterocycles. The van der Waals surface area contributed by atoms with Crippen molar-refractivity contribution in [1.29, 1.82) is 5.26 Å². The summed E-state index contributed by atoms with van der Waals surface area (Å²) in [5.41, 5.74) is 0.402. The summed E-state index contributed by atoms with van der Waals surface area (Å²) in [6, 6.07) is 2.40. The third kappa shape index (κ3) is 2.08. The standard InChI is InChI=1S/C21H31NO/c1-20-11-4-3-5-14(20)6-8-16-17-9-7-15(10-12-22)21(17,2)13-18(23)19(16)20/h14-17,19H,3-11,13H2,1-2H3/t14?,15?,16-,17?,19?,20-,21+/m0/s1. The number of ketones is 1. The van der Waals surface area contributed by atoms with Gasteiger partial charge in [-0.2, -0.15) is 5.26 Å². The highest BCUT2D eigenvalue weighted by atomic mass is 16.1. The number of nitriles is 1. The lowest BCUT2D eigenvalue weighted by Gasteiger charge is -2.59. The molecule has 0 bridgehead atoms. The van der Waals surface area contributed by atoms with Crippen molar-refractivity contribution >= 4 is 5.78 Å². The Bertz CT molecular complexity index is 549. The molecular formula is C21H31NO. The summed E-state index contributed by atoms with van der Waals surface area (Å²) in [7, 11) is 0. The van der Waals surface area contributed by atoms with Crippen LogP contribution in [0.15, 0.2) is 0 Å². The van der Waals surface area contributed by atoms with Gasteiger partial charge >= 0.3 is 0 Å². The predicted molar refractivity (Wildman–Crippen MR) is 90.5 cm³/mol. The summed E-state index contributed by atoms with van der Waals surface area (Å²) in [6.07, 6.45) is 11.8. The van der Waals surface area contributed by atoms with Gasteiger partial charge < -0.3 is 0 Å². The number of carbonyl (C=O) groups is 1. The zero-order valence-corrected chi connectivity index (χ0v) is 14.8. The Balaban J connectivity index is 1.68. The van der Waals surface area contributed by atoms with E-state index in [0.29, 0.717) is 35.9 Å². The van der Waals surface area contributed by atoms with Crippen LogP contribution in [-0.4, -0.2) is 5.78 Å². The molecule has 0 aliphatic heterocycles. The summed E-state index contributed by atoms with van der Waals surface area (Å²) >= 11 is 0. The second-order valence-electron chi connectivity index (χ2n) is 9.56. The highest BCUT2D eigenvalue weighted by molar-refractivity contribution is 5.84. The SMILES string of the molecule is C[C@]12CCCCC1CC[C@H]1C3CCC(CC#N)[C@@]3(C)CC(=O)C12. The van der Waals surface area contributed by atoms with Crippen molar-refractivity contribution in [3.05, 3.63) is 0 Å². The molecule has 0 N–H and O–H groups in total. The van der Waals surface area contributed by atoms with Crippen LogP contribution < -0.4 is 0 Å². The van der Waals surface area contributed by atoms with Crippen LogP contribution in [0.3, 0.4) is 0 Å². The van der Waals surface area contributed by atoms with E-state index < -0.39 is 0 Å². The Morgan fingerprint density at radius 1 is 1.09 bits per heavy atom. The van der Waals surface area contributed by atoms with Gasteiger partial charge in [0, 0.05) is 18.8 Å². The van der Waals surface area contributed by atoms with Crippen LogP contribution in [0.5, 0.6) is 0 Å². The quantitative estimate of drug-likeness (QED) is 0.673. The molecule has 4 aliphatic rings. The molecule has 4 aliphatic carbocycles. The second kappa shape index (κ2) is 5.33. The fourth-order valence-electron chi connectivity index (χ4n) is 7.66. The zero-order chi connectivity index (χ0) is 16.2. The van der Waals surface area contributed by atoms with E-state index >= 15 is 0 Å². The highest BCUT2D eigenvalue weighted by Crippen LogP contribution is 2.66. The largest absolute Gasteiger partial charge is 0.299 e. The molecule has 0 radical (unpaired) electrons. The number of rotatable bonds is 1. The van der Waals surface area contributed by atoms with Crippen molar-refractivity contribution in [2.24, 2.45) is 40.4 Å². The van der Waals surface area contributed by atoms with Crippen molar-refractivity contribution in [2.75, 3.05) is 0 Å². The number of fused-ring (bicyclic) bond motifs is 5. The van der Waals surface area contributed by atoms with Gasteiger partial charge in [0.05, 0.1) is 6.07 Å². The Kier molecular flexibility index (Phi) is 3.63. The molecule has 126 valence electrons. The highest BCUT2D eigenvalue weighted by Gasteiger charge is 2.62. The van der Waals surface area contributed by atoms with Gasteiger partial charge in [0.25, 0.3) is 0 Å². The molecule has 0 aromatic rings. The summed E-state index contributed by atoms with van der Waals surface area (Å²) in [5, 5.41) is 9.19. The molecule has 4 rings (SSSR count). The predicted octanol–water partition coefficient (Wildman–Crippen LogP) is 5.13. The van der Waals surface area contributed by atoms with Crippen LogP contribution in [-0.2, 0) is 4.79 Å². The smallest absolute Gasteiger partial charge is 0.137 e. The molecule has 0 heterocycles. The van der Waals surface area contributed by atoms with E-state index in [1.165, 1.54) is 51.4 Å². The minimum absolute atomic E-state index is 0.117. The fourth-order valence-corrected chi connectivity index (χ4v) is 7.66. The van der Waals surface area contributed by atoms with E-state index in [9.17, 15) is 10.1 Å². The van der Waals surface area contributed by atoms with Gasteiger partial charge in [-0.25, -0.2) is 0 Å². The summed E-state index contributed by atoms with van der Waals surface area (Å²) in [5.74, 6) is 3.46. The zero-order valence-electron chi connectivity index (χ0n) is 14.8. The monoisotopic (exact) mass is 313 g/mol. The van der Waals surface area contributed by atoms with E-state index in [2.05, 4.69) is 19.9 Å². The van der Waals surface area contributed by atoms with Crippen LogP contribution >= 0.6 is 0 Å². The molecule has 0 saturated heterocycles. The first-order chi connectivity index (χ1) is 11.0. The van der Waals surface area contributed by atoms with Crippen molar-refractivity contribution in [1.82, 2.24) is 0 Å². The number of hydrogen-bond acceptors (Lipinski definition) is 2.